The van der Waals surface area contributed by atoms with E-state index in [0.29, 0.717) is 0 Å². The van der Waals surface area contributed by atoms with Gasteiger partial charge >= 0.3 is 5.97 Å². The molecular formula is C6H11ClO2. The van der Waals surface area contributed by atoms with Gasteiger partial charge in [-0.05, 0) is 13.8 Å². The predicted molar refractivity (Wildman–Crippen MR) is 36.5 cm³/mol. The van der Waals surface area contributed by atoms with Crippen molar-refractivity contribution in [3.05, 3.63) is 0 Å². The largest absolute Gasteiger partial charge is 0.461 e. The molecule has 0 saturated heterocycles. The number of hydrogen-bond donors (Lipinski definition) is 0. The summed E-state index contributed by atoms with van der Waals surface area (Å²) in [7, 11) is 0. The standard InChI is InChI=1S/C6H11ClO2/c1-4(7)5(2)9-6(3)8/h4-5H,1-3H3/t4-,5-/m0/s1. The van der Waals surface area contributed by atoms with Crippen LogP contribution in [0.4, 0.5) is 0 Å². The molecule has 9 heavy (non-hydrogen) atoms. The van der Waals surface area contributed by atoms with Gasteiger partial charge in [0, 0.05) is 6.92 Å². The van der Waals surface area contributed by atoms with Gasteiger partial charge in [0.05, 0.1) is 5.38 Å². The Morgan fingerprint density at radius 2 is 2.00 bits per heavy atom. The molecule has 2 nitrogen and oxygen atoms in total. The van der Waals surface area contributed by atoms with Crippen molar-refractivity contribution < 1.29 is 9.53 Å². The number of hydrogen-bond acceptors (Lipinski definition) is 2. The second kappa shape index (κ2) is 3.72. The van der Waals surface area contributed by atoms with Crippen molar-refractivity contribution in [2.24, 2.45) is 0 Å². The van der Waals surface area contributed by atoms with Gasteiger partial charge in [-0.1, -0.05) is 0 Å². The lowest BCUT2D eigenvalue weighted by Crippen LogP contribution is -2.20. The molecule has 0 aliphatic carbocycles. The first-order chi connectivity index (χ1) is 4.04. The Bertz CT molecular complexity index is 101. The van der Waals surface area contributed by atoms with Crippen LogP contribution in [0.15, 0.2) is 0 Å². The Balaban J connectivity index is 3.50. The van der Waals surface area contributed by atoms with E-state index in [1.165, 1.54) is 6.92 Å². The minimum Gasteiger partial charge on any atom is -0.461 e. The first-order valence-electron chi connectivity index (χ1n) is 2.85. The Morgan fingerprint density at radius 3 is 2.11 bits per heavy atom. The van der Waals surface area contributed by atoms with Crippen LogP contribution >= 0.6 is 11.6 Å². The topological polar surface area (TPSA) is 26.3 Å². The summed E-state index contributed by atoms with van der Waals surface area (Å²) in [4.78, 5) is 10.3. The zero-order valence-corrected chi connectivity index (χ0v) is 6.61. The quantitative estimate of drug-likeness (QED) is 0.441. The van der Waals surface area contributed by atoms with E-state index >= 15 is 0 Å². The molecule has 0 aromatic rings. The van der Waals surface area contributed by atoms with Crippen LogP contribution in [0.25, 0.3) is 0 Å². The van der Waals surface area contributed by atoms with Crippen molar-refractivity contribution in [2.45, 2.75) is 32.3 Å². The maximum atomic E-state index is 10.3. The molecule has 0 radical (unpaired) electrons. The number of carbonyl (C=O) groups excluding carboxylic acids is 1. The van der Waals surface area contributed by atoms with Gasteiger partial charge in [-0.25, -0.2) is 0 Å². The first kappa shape index (κ1) is 8.76. The molecule has 0 saturated carbocycles. The lowest BCUT2D eigenvalue weighted by atomic mass is 10.3. The molecule has 0 heterocycles. The molecule has 0 unspecified atom stereocenters. The monoisotopic (exact) mass is 150 g/mol. The van der Waals surface area contributed by atoms with Crippen LogP contribution in [0.5, 0.6) is 0 Å². The van der Waals surface area contributed by atoms with E-state index in [1.807, 2.05) is 0 Å². The van der Waals surface area contributed by atoms with Gasteiger partial charge in [0.15, 0.2) is 0 Å². The molecule has 0 aromatic carbocycles. The second-order valence-electron chi connectivity index (χ2n) is 1.99. The fourth-order valence-electron chi connectivity index (χ4n) is 0.356. The van der Waals surface area contributed by atoms with Crippen molar-refractivity contribution in [2.75, 3.05) is 0 Å². The van der Waals surface area contributed by atoms with Crippen LogP contribution in [-0.4, -0.2) is 17.5 Å². The van der Waals surface area contributed by atoms with Crippen LogP contribution in [0.2, 0.25) is 0 Å². The van der Waals surface area contributed by atoms with E-state index in [2.05, 4.69) is 0 Å². The van der Waals surface area contributed by atoms with Gasteiger partial charge in [0.25, 0.3) is 0 Å². The van der Waals surface area contributed by atoms with Crippen molar-refractivity contribution >= 4 is 17.6 Å². The number of ether oxygens (including phenoxy) is 1. The van der Waals surface area contributed by atoms with E-state index in [1.54, 1.807) is 13.8 Å². The molecule has 54 valence electrons. The van der Waals surface area contributed by atoms with E-state index in [0.717, 1.165) is 0 Å². The third-order valence-corrected chi connectivity index (χ3v) is 1.35. The summed E-state index contributed by atoms with van der Waals surface area (Å²) in [6.45, 7) is 4.92. The molecule has 0 aliphatic rings. The Kier molecular flexibility index (Phi) is 3.62. The summed E-state index contributed by atoms with van der Waals surface area (Å²) in [6.07, 6.45) is -0.191. The fourth-order valence-corrected chi connectivity index (χ4v) is 0.407. The van der Waals surface area contributed by atoms with Crippen LogP contribution in [0.3, 0.4) is 0 Å². The SMILES string of the molecule is CC(=O)O[C@@H](C)[C@H](C)Cl. The summed E-state index contributed by atoms with van der Waals surface area (Å²) in [5.41, 5.74) is 0. The molecule has 0 bridgehead atoms. The minimum atomic E-state index is -0.282. The molecule has 2 atom stereocenters. The molecule has 0 rings (SSSR count). The third kappa shape index (κ3) is 4.28. The Morgan fingerprint density at radius 1 is 1.56 bits per heavy atom. The van der Waals surface area contributed by atoms with Gasteiger partial charge in [-0.3, -0.25) is 4.79 Å². The van der Waals surface area contributed by atoms with E-state index in [4.69, 9.17) is 16.3 Å². The number of halogens is 1. The molecule has 0 aromatic heterocycles. The molecule has 0 N–H and O–H groups in total. The zero-order valence-electron chi connectivity index (χ0n) is 5.85. The van der Waals surface area contributed by atoms with Gasteiger partial charge in [0.2, 0.25) is 0 Å². The van der Waals surface area contributed by atoms with Crippen molar-refractivity contribution in [1.82, 2.24) is 0 Å². The van der Waals surface area contributed by atoms with E-state index < -0.39 is 0 Å². The number of carbonyl (C=O) groups is 1. The number of alkyl halides is 1. The Hall–Kier alpha value is -0.240. The molecule has 0 aliphatic heterocycles. The first-order valence-corrected chi connectivity index (χ1v) is 3.29. The number of rotatable bonds is 2. The molecule has 0 amide bonds. The van der Waals surface area contributed by atoms with Crippen LogP contribution < -0.4 is 0 Å². The highest BCUT2D eigenvalue weighted by Gasteiger charge is 2.10. The molecule has 0 spiro atoms. The van der Waals surface area contributed by atoms with Crippen molar-refractivity contribution in [3.8, 4) is 0 Å². The van der Waals surface area contributed by atoms with Gasteiger partial charge in [-0.2, -0.15) is 0 Å². The lowest BCUT2D eigenvalue weighted by Gasteiger charge is -2.12. The summed E-state index contributed by atoms with van der Waals surface area (Å²) in [5.74, 6) is -0.282. The summed E-state index contributed by atoms with van der Waals surface area (Å²) < 4.78 is 4.74. The van der Waals surface area contributed by atoms with Gasteiger partial charge in [-0.15, -0.1) is 11.6 Å². The fraction of sp³-hybridized carbons (Fsp3) is 0.833. The van der Waals surface area contributed by atoms with Crippen LogP contribution in [0.1, 0.15) is 20.8 Å². The lowest BCUT2D eigenvalue weighted by molar-refractivity contribution is -0.145. The van der Waals surface area contributed by atoms with E-state index in [-0.39, 0.29) is 17.5 Å². The van der Waals surface area contributed by atoms with Gasteiger partial charge in [0.1, 0.15) is 6.10 Å². The summed E-state index contributed by atoms with van der Waals surface area (Å²) in [5, 5.41) is -0.117. The van der Waals surface area contributed by atoms with Crippen LogP contribution in [-0.2, 0) is 9.53 Å². The van der Waals surface area contributed by atoms with Crippen molar-refractivity contribution in [3.63, 3.8) is 0 Å². The molecule has 0 fully saturated rings. The predicted octanol–water partition coefficient (Wildman–Crippen LogP) is 1.57. The normalized spacial score (nSPS) is 16.4. The maximum absolute atomic E-state index is 10.3. The third-order valence-electron chi connectivity index (χ3n) is 0.999. The minimum absolute atomic E-state index is 0.117. The molecular weight excluding hydrogens is 140 g/mol. The number of esters is 1. The average molecular weight is 151 g/mol. The highest BCUT2D eigenvalue weighted by molar-refractivity contribution is 6.20. The maximum Gasteiger partial charge on any atom is 0.302 e. The highest BCUT2D eigenvalue weighted by Crippen LogP contribution is 2.04. The van der Waals surface area contributed by atoms with E-state index in [9.17, 15) is 4.79 Å². The van der Waals surface area contributed by atoms with Crippen LogP contribution in [0, 0.1) is 0 Å². The smallest absolute Gasteiger partial charge is 0.302 e. The van der Waals surface area contributed by atoms with Gasteiger partial charge < -0.3 is 4.74 Å². The highest BCUT2D eigenvalue weighted by atomic mass is 35.5. The Labute approximate surface area is 60.1 Å². The average Bonchev–Trinajstić information content (AvgIpc) is 1.63. The summed E-state index contributed by atoms with van der Waals surface area (Å²) >= 11 is 5.60. The summed E-state index contributed by atoms with van der Waals surface area (Å²) in [6, 6.07) is 0. The zero-order chi connectivity index (χ0) is 7.44. The van der Waals surface area contributed by atoms with Crippen molar-refractivity contribution in [1.29, 1.82) is 0 Å². The second-order valence-corrected chi connectivity index (χ2v) is 2.68. The molecule has 3 heteroatoms.